The molecule has 0 aliphatic carbocycles. The number of imidazole rings is 1. The van der Waals surface area contributed by atoms with Crippen molar-refractivity contribution in [2.75, 3.05) is 0 Å². The molecule has 1 aliphatic heterocycles. The van der Waals surface area contributed by atoms with E-state index in [-0.39, 0.29) is 22.8 Å². The molecular formula is C7H11N5O2S. The molecule has 2 rings (SSSR count). The maximum Gasteiger partial charge on any atom is 0.285 e. The largest absolute Gasteiger partial charge is 0.353 e. The second kappa shape index (κ2) is 3.23. The molecule has 82 valence electrons. The topological polar surface area (TPSA) is 99.2 Å². The first-order valence-corrected chi connectivity index (χ1v) is 5.89. The predicted molar refractivity (Wildman–Crippen MR) is 54.3 cm³/mol. The van der Waals surface area contributed by atoms with Gasteiger partial charge in [-0.15, -0.1) is 0 Å². The van der Waals surface area contributed by atoms with Crippen molar-refractivity contribution in [1.29, 1.82) is 0 Å². The molecule has 1 aromatic heterocycles. The molecule has 3 N–H and O–H groups in total. The Labute approximate surface area is 87.1 Å². The van der Waals surface area contributed by atoms with Crippen LogP contribution in [0.1, 0.15) is 13.8 Å². The summed E-state index contributed by atoms with van der Waals surface area (Å²) >= 11 is 0. The van der Waals surface area contributed by atoms with Gasteiger partial charge in [-0.1, -0.05) is 0 Å². The van der Waals surface area contributed by atoms with E-state index in [1.54, 1.807) is 0 Å². The zero-order valence-corrected chi connectivity index (χ0v) is 9.09. The third-order valence-electron chi connectivity index (χ3n) is 1.72. The average Bonchev–Trinajstić information content (AvgIpc) is 2.49. The van der Waals surface area contributed by atoms with Gasteiger partial charge in [-0.2, -0.15) is 13.4 Å². The second-order valence-electron chi connectivity index (χ2n) is 3.42. The first-order chi connectivity index (χ1) is 6.99. The molecule has 0 fully saturated rings. The monoisotopic (exact) mass is 229 g/mol. The fourth-order valence-corrected chi connectivity index (χ4v) is 2.20. The fourth-order valence-electron chi connectivity index (χ4n) is 1.20. The van der Waals surface area contributed by atoms with Crippen molar-refractivity contribution in [3.63, 3.8) is 0 Å². The Hall–Kier alpha value is -1.57. The first kappa shape index (κ1) is 9.97. The molecule has 0 saturated heterocycles. The van der Waals surface area contributed by atoms with Crippen LogP contribution in [0, 0.1) is 0 Å². The lowest BCUT2D eigenvalue weighted by atomic mass is 10.4. The Kier molecular flexibility index (Phi) is 2.14. The van der Waals surface area contributed by atoms with Crippen LogP contribution in [0.3, 0.4) is 0 Å². The summed E-state index contributed by atoms with van der Waals surface area (Å²) in [5.41, 5.74) is 0. The molecule has 0 bridgehead atoms. The number of aromatic amines is 1. The Morgan fingerprint density at radius 1 is 1.47 bits per heavy atom. The number of rotatable bonds is 1. The molecule has 0 saturated carbocycles. The minimum absolute atomic E-state index is 0.0724. The van der Waals surface area contributed by atoms with Gasteiger partial charge in [0.25, 0.3) is 10.0 Å². The zero-order chi connectivity index (χ0) is 11.1. The van der Waals surface area contributed by atoms with Gasteiger partial charge in [0.1, 0.15) is 0 Å². The van der Waals surface area contributed by atoms with Crippen LogP contribution < -0.4 is 10.0 Å². The smallest absolute Gasteiger partial charge is 0.285 e. The second-order valence-corrected chi connectivity index (χ2v) is 5.02. The lowest BCUT2D eigenvalue weighted by molar-refractivity contribution is 0.586. The summed E-state index contributed by atoms with van der Waals surface area (Å²) in [6, 6.07) is 0.0934. The summed E-state index contributed by atoms with van der Waals surface area (Å²) in [5, 5.41) is 2.81. The van der Waals surface area contributed by atoms with Crippen LogP contribution in [0.4, 0.5) is 5.82 Å². The maximum absolute atomic E-state index is 11.6. The third-order valence-corrected chi connectivity index (χ3v) is 2.99. The molecule has 7 nitrogen and oxygen atoms in total. The SMILES string of the molecule is CC(C)NC1=Nc2[nH]cnc2S(=O)(=O)N1. The van der Waals surface area contributed by atoms with Crippen molar-refractivity contribution >= 4 is 21.8 Å². The van der Waals surface area contributed by atoms with Crippen LogP contribution in [0.2, 0.25) is 0 Å². The average molecular weight is 229 g/mol. The van der Waals surface area contributed by atoms with Gasteiger partial charge >= 0.3 is 0 Å². The highest BCUT2D eigenvalue weighted by molar-refractivity contribution is 7.90. The van der Waals surface area contributed by atoms with E-state index < -0.39 is 10.0 Å². The van der Waals surface area contributed by atoms with Crippen LogP contribution in [0.5, 0.6) is 0 Å². The summed E-state index contributed by atoms with van der Waals surface area (Å²) in [6.45, 7) is 3.78. The number of hydrogen-bond acceptors (Lipinski definition) is 5. The van der Waals surface area contributed by atoms with E-state index in [2.05, 4.69) is 25.0 Å². The van der Waals surface area contributed by atoms with Crippen molar-refractivity contribution in [3.8, 4) is 0 Å². The molecule has 2 heterocycles. The number of aliphatic imine (C=N–C) groups is 1. The Bertz CT molecular complexity index is 501. The van der Waals surface area contributed by atoms with E-state index in [1.165, 1.54) is 6.33 Å². The van der Waals surface area contributed by atoms with Gasteiger partial charge in [-0.3, -0.25) is 0 Å². The molecule has 1 aliphatic rings. The van der Waals surface area contributed by atoms with E-state index in [0.29, 0.717) is 0 Å². The molecule has 1 aromatic rings. The van der Waals surface area contributed by atoms with E-state index in [1.807, 2.05) is 13.8 Å². The Morgan fingerprint density at radius 3 is 2.87 bits per heavy atom. The summed E-state index contributed by atoms with van der Waals surface area (Å²) in [4.78, 5) is 10.4. The number of H-pyrrole nitrogens is 1. The highest BCUT2D eigenvalue weighted by atomic mass is 32.2. The number of hydrogen-bond donors (Lipinski definition) is 3. The standard InChI is InChI=1S/C7H11N5O2S/c1-4(2)10-7-11-5-6(9-3-8-5)15(13,14)12-7/h3-4H,1-2H3,(H,8,9)(H2,10,11,12). The first-order valence-electron chi connectivity index (χ1n) is 4.40. The molecule has 0 amide bonds. The summed E-state index contributed by atoms with van der Waals surface area (Å²) < 4.78 is 25.5. The van der Waals surface area contributed by atoms with Crippen LogP contribution in [0.25, 0.3) is 0 Å². The van der Waals surface area contributed by atoms with Crippen molar-refractivity contribution in [2.24, 2.45) is 4.99 Å². The molecule has 0 unspecified atom stereocenters. The van der Waals surface area contributed by atoms with Crippen molar-refractivity contribution in [3.05, 3.63) is 6.33 Å². The fraction of sp³-hybridized carbons (Fsp3) is 0.429. The highest BCUT2D eigenvalue weighted by Crippen LogP contribution is 2.22. The number of sulfonamides is 1. The van der Waals surface area contributed by atoms with E-state index in [4.69, 9.17) is 0 Å². The van der Waals surface area contributed by atoms with E-state index >= 15 is 0 Å². The molecule has 0 spiro atoms. The third kappa shape index (κ3) is 1.80. The van der Waals surface area contributed by atoms with Crippen molar-refractivity contribution < 1.29 is 8.42 Å². The number of nitrogens with zero attached hydrogens (tertiary/aromatic N) is 2. The van der Waals surface area contributed by atoms with Gasteiger partial charge in [-0.05, 0) is 13.8 Å². The quantitative estimate of drug-likeness (QED) is 0.615. The normalized spacial score (nSPS) is 17.9. The van der Waals surface area contributed by atoms with Gasteiger partial charge < -0.3 is 10.3 Å². The molecule has 0 aromatic carbocycles. The summed E-state index contributed by atoms with van der Waals surface area (Å²) in [7, 11) is -3.58. The lowest BCUT2D eigenvalue weighted by Crippen LogP contribution is -2.45. The highest BCUT2D eigenvalue weighted by Gasteiger charge is 2.28. The zero-order valence-electron chi connectivity index (χ0n) is 8.27. The van der Waals surface area contributed by atoms with Crippen LogP contribution in [-0.2, 0) is 10.0 Å². The number of fused-ring (bicyclic) bond motifs is 1. The predicted octanol–water partition coefficient (Wildman–Crippen LogP) is -0.313. The van der Waals surface area contributed by atoms with Gasteiger partial charge in [0.2, 0.25) is 11.0 Å². The van der Waals surface area contributed by atoms with Crippen LogP contribution in [0.15, 0.2) is 16.3 Å². The molecule has 0 atom stereocenters. The van der Waals surface area contributed by atoms with E-state index in [9.17, 15) is 8.42 Å². The number of aromatic nitrogens is 2. The van der Waals surface area contributed by atoms with Crippen molar-refractivity contribution in [1.82, 2.24) is 20.0 Å². The van der Waals surface area contributed by atoms with Crippen molar-refractivity contribution in [2.45, 2.75) is 24.9 Å². The Morgan fingerprint density at radius 2 is 2.20 bits per heavy atom. The molecule has 8 heteroatoms. The molecular weight excluding hydrogens is 218 g/mol. The van der Waals surface area contributed by atoms with Crippen LogP contribution in [-0.4, -0.2) is 30.4 Å². The maximum atomic E-state index is 11.6. The number of guanidine groups is 1. The van der Waals surface area contributed by atoms with Crippen LogP contribution >= 0.6 is 0 Å². The molecule has 15 heavy (non-hydrogen) atoms. The van der Waals surface area contributed by atoms with Gasteiger partial charge in [0.05, 0.1) is 6.33 Å². The van der Waals surface area contributed by atoms with Gasteiger partial charge in [0.15, 0.2) is 5.82 Å². The number of nitrogens with one attached hydrogen (secondary N) is 3. The Balaban J connectivity index is 2.42. The summed E-state index contributed by atoms with van der Waals surface area (Å²) in [5.74, 6) is 0.457. The molecule has 0 radical (unpaired) electrons. The van der Waals surface area contributed by atoms with Gasteiger partial charge in [0, 0.05) is 6.04 Å². The van der Waals surface area contributed by atoms with E-state index in [0.717, 1.165) is 0 Å². The minimum atomic E-state index is -3.58. The minimum Gasteiger partial charge on any atom is -0.353 e. The lowest BCUT2D eigenvalue weighted by Gasteiger charge is -2.17. The summed E-state index contributed by atoms with van der Waals surface area (Å²) in [6.07, 6.45) is 1.30. The van der Waals surface area contributed by atoms with Gasteiger partial charge in [-0.25, -0.2) is 9.71 Å².